The van der Waals surface area contributed by atoms with Crippen molar-refractivity contribution < 1.29 is 9.47 Å². The van der Waals surface area contributed by atoms with Crippen LogP contribution in [-0.2, 0) is 16.0 Å². The normalized spacial score (nSPS) is 29.0. The van der Waals surface area contributed by atoms with Crippen molar-refractivity contribution >= 4 is 11.8 Å². The molecule has 5 nitrogen and oxygen atoms in total. The summed E-state index contributed by atoms with van der Waals surface area (Å²) in [5, 5.41) is 5.36. The Hall–Kier alpha value is -0.590. The molecule has 1 aromatic rings. The number of hydrogen-bond acceptors (Lipinski definition) is 5. The Balaban J connectivity index is 1.59. The van der Waals surface area contributed by atoms with E-state index in [1.807, 2.05) is 11.6 Å². The van der Waals surface area contributed by atoms with Crippen LogP contribution in [0.2, 0.25) is 0 Å². The maximum absolute atomic E-state index is 5.97. The van der Waals surface area contributed by atoms with Gasteiger partial charge in [-0.1, -0.05) is 11.8 Å². The number of fused-ring (bicyclic) bond motifs is 1. The molecular weight excluding hydrogens is 238 g/mol. The minimum atomic E-state index is -0.0134. The lowest BCUT2D eigenvalue weighted by Gasteiger charge is -2.29. The summed E-state index contributed by atoms with van der Waals surface area (Å²) in [6, 6.07) is 0. The first-order valence-corrected chi connectivity index (χ1v) is 7.11. The molecule has 0 aliphatic carbocycles. The van der Waals surface area contributed by atoms with Gasteiger partial charge in [0.15, 0.2) is 11.4 Å². The molecule has 3 heterocycles. The van der Waals surface area contributed by atoms with E-state index in [1.165, 1.54) is 6.42 Å². The number of ether oxygens (including phenoxy) is 2. The van der Waals surface area contributed by atoms with Crippen molar-refractivity contribution in [3.8, 4) is 0 Å². The molecule has 0 N–H and O–H groups in total. The molecule has 1 saturated heterocycles. The van der Waals surface area contributed by atoms with Crippen LogP contribution in [0.4, 0.5) is 0 Å². The first kappa shape index (κ1) is 11.5. The third-order valence-electron chi connectivity index (χ3n) is 3.00. The Morgan fingerprint density at radius 2 is 2.41 bits per heavy atom. The molecule has 2 atom stereocenters. The maximum Gasteiger partial charge on any atom is 0.186 e. The predicted molar refractivity (Wildman–Crippen MR) is 63.9 cm³/mol. The molecule has 17 heavy (non-hydrogen) atoms. The van der Waals surface area contributed by atoms with Crippen LogP contribution in [0.15, 0.2) is 5.16 Å². The molecule has 0 bridgehead atoms. The Bertz CT molecular complexity index is 390. The Kier molecular flexibility index (Phi) is 3.35. The van der Waals surface area contributed by atoms with Crippen molar-refractivity contribution in [3.63, 3.8) is 0 Å². The van der Waals surface area contributed by atoms with Crippen LogP contribution in [0.5, 0.6) is 0 Å². The lowest BCUT2D eigenvalue weighted by molar-refractivity contribution is -0.186. The summed E-state index contributed by atoms with van der Waals surface area (Å²) in [5.74, 6) is 1.78. The topological polar surface area (TPSA) is 49.2 Å². The maximum atomic E-state index is 5.97. The van der Waals surface area contributed by atoms with Gasteiger partial charge in [-0.2, -0.15) is 5.10 Å². The fourth-order valence-corrected chi connectivity index (χ4v) is 3.17. The minimum Gasteiger partial charge on any atom is -0.353 e. The molecule has 0 saturated carbocycles. The number of nitrogens with zero attached hydrogens (tertiary/aromatic N) is 3. The Morgan fingerprint density at radius 1 is 1.47 bits per heavy atom. The Morgan fingerprint density at radius 3 is 3.24 bits per heavy atom. The van der Waals surface area contributed by atoms with Gasteiger partial charge in [-0.25, -0.2) is 9.67 Å². The molecule has 2 unspecified atom stereocenters. The molecule has 0 amide bonds. The molecule has 1 fully saturated rings. The van der Waals surface area contributed by atoms with Gasteiger partial charge in [0, 0.05) is 12.4 Å². The minimum absolute atomic E-state index is 0.0134. The second-order valence-electron chi connectivity index (χ2n) is 4.49. The van der Waals surface area contributed by atoms with Crippen molar-refractivity contribution in [2.24, 2.45) is 0 Å². The lowest BCUT2D eigenvalue weighted by atomic mass is 10.2. The van der Waals surface area contributed by atoms with E-state index >= 15 is 0 Å². The number of aryl methyl sites for hydroxylation is 1. The standard InChI is InChI=1S/C11H17N3O2S/c1-8-12-11-14(13-8)6-9(7-17-11)16-10-4-2-3-5-15-10/h9-10H,2-7H2,1H3. The van der Waals surface area contributed by atoms with Gasteiger partial charge in [0.25, 0.3) is 0 Å². The van der Waals surface area contributed by atoms with E-state index in [0.717, 1.165) is 42.7 Å². The Labute approximate surface area is 105 Å². The van der Waals surface area contributed by atoms with E-state index in [0.29, 0.717) is 0 Å². The number of aromatic nitrogens is 3. The molecule has 94 valence electrons. The summed E-state index contributed by atoms with van der Waals surface area (Å²) in [6.07, 6.45) is 3.56. The summed E-state index contributed by atoms with van der Waals surface area (Å²) in [4.78, 5) is 4.36. The zero-order valence-electron chi connectivity index (χ0n) is 9.96. The van der Waals surface area contributed by atoms with E-state index in [-0.39, 0.29) is 12.4 Å². The van der Waals surface area contributed by atoms with Gasteiger partial charge in [-0.05, 0) is 26.2 Å². The van der Waals surface area contributed by atoms with Crippen LogP contribution in [0.3, 0.4) is 0 Å². The average molecular weight is 255 g/mol. The predicted octanol–water partition coefficient (Wildman–Crippen LogP) is 1.60. The summed E-state index contributed by atoms with van der Waals surface area (Å²) in [6.45, 7) is 3.55. The summed E-state index contributed by atoms with van der Waals surface area (Å²) in [5.41, 5.74) is 0. The van der Waals surface area contributed by atoms with Gasteiger partial charge in [-0.3, -0.25) is 0 Å². The second kappa shape index (κ2) is 4.96. The van der Waals surface area contributed by atoms with Crippen molar-refractivity contribution in [2.75, 3.05) is 12.4 Å². The van der Waals surface area contributed by atoms with Crippen molar-refractivity contribution in [1.29, 1.82) is 0 Å². The molecule has 2 aliphatic heterocycles. The van der Waals surface area contributed by atoms with E-state index in [9.17, 15) is 0 Å². The molecule has 2 aliphatic rings. The van der Waals surface area contributed by atoms with Crippen LogP contribution in [-0.4, -0.2) is 39.5 Å². The van der Waals surface area contributed by atoms with Gasteiger partial charge in [0.05, 0.1) is 12.6 Å². The highest BCUT2D eigenvalue weighted by Gasteiger charge is 2.26. The highest BCUT2D eigenvalue weighted by atomic mass is 32.2. The first-order chi connectivity index (χ1) is 8.31. The molecular formula is C11H17N3O2S. The smallest absolute Gasteiger partial charge is 0.186 e. The first-order valence-electron chi connectivity index (χ1n) is 6.12. The third kappa shape index (κ3) is 2.64. The SMILES string of the molecule is Cc1nc2n(n1)CC(OC1CCCCO1)CS2. The van der Waals surface area contributed by atoms with Gasteiger partial charge in [0.1, 0.15) is 5.82 Å². The van der Waals surface area contributed by atoms with Gasteiger partial charge in [0.2, 0.25) is 0 Å². The van der Waals surface area contributed by atoms with Gasteiger partial charge in [-0.15, -0.1) is 0 Å². The van der Waals surface area contributed by atoms with Crippen LogP contribution < -0.4 is 0 Å². The second-order valence-corrected chi connectivity index (χ2v) is 5.48. The lowest BCUT2D eigenvalue weighted by Crippen LogP contribution is -2.34. The van der Waals surface area contributed by atoms with Crippen LogP contribution in [0, 0.1) is 6.92 Å². The van der Waals surface area contributed by atoms with Crippen LogP contribution >= 0.6 is 11.8 Å². The molecule has 3 rings (SSSR count). The van der Waals surface area contributed by atoms with Crippen LogP contribution in [0.1, 0.15) is 25.1 Å². The highest BCUT2D eigenvalue weighted by Crippen LogP contribution is 2.26. The molecule has 0 spiro atoms. The molecule has 0 radical (unpaired) electrons. The number of thioether (sulfide) groups is 1. The molecule has 1 aromatic heterocycles. The summed E-state index contributed by atoms with van der Waals surface area (Å²) < 4.78 is 13.5. The molecule has 6 heteroatoms. The quantitative estimate of drug-likeness (QED) is 0.803. The van der Waals surface area contributed by atoms with E-state index < -0.39 is 0 Å². The number of rotatable bonds is 2. The monoisotopic (exact) mass is 255 g/mol. The van der Waals surface area contributed by atoms with Crippen molar-refractivity contribution in [1.82, 2.24) is 14.8 Å². The highest BCUT2D eigenvalue weighted by molar-refractivity contribution is 7.99. The summed E-state index contributed by atoms with van der Waals surface area (Å²) in [7, 11) is 0. The van der Waals surface area contributed by atoms with Gasteiger partial charge < -0.3 is 9.47 Å². The average Bonchev–Trinajstić information content (AvgIpc) is 2.70. The van der Waals surface area contributed by atoms with Gasteiger partial charge >= 0.3 is 0 Å². The fourth-order valence-electron chi connectivity index (χ4n) is 2.19. The van der Waals surface area contributed by atoms with E-state index in [4.69, 9.17) is 9.47 Å². The van der Waals surface area contributed by atoms with Crippen molar-refractivity contribution in [2.45, 2.75) is 50.3 Å². The zero-order chi connectivity index (χ0) is 11.7. The third-order valence-corrected chi connectivity index (χ3v) is 4.10. The zero-order valence-corrected chi connectivity index (χ0v) is 10.8. The largest absolute Gasteiger partial charge is 0.353 e. The fraction of sp³-hybridized carbons (Fsp3) is 0.818. The van der Waals surface area contributed by atoms with Crippen LogP contribution in [0.25, 0.3) is 0 Å². The van der Waals surface area contributed by atoms with E-state index in [2.05, 4.69) is 10.1 Å². The molecule has 0 aromatic carbocycles. The van der Waals surface area contributed by atoms with E-state index in [1.54, 1.807) is 11.8 Å². The van der Waals surface area contributed by atoms with Crippen molar-refractivity contribution in [3.05, 3.63) is 5.82 Å². The number of hydrogen-bond donors (Lipinski definition) is 0. The summed E-state index contributed by atoms with van der Waals surface area (Å²) >= 11 is 1.72.